The molecule has 0 atom stereocenters. The van der Waals surface area contributed by atoms with Gasteiger partial charge in [-0.1, -0.05) is 26.3 Å². The van der Waals surface area contributed by atoms with Crippen LogP contribution in [0.4, 0.5) is 11.4 Å². The monoisotopic (exact) mass is 382 g/mol. The van der Waals surface area contributed by atoms with Gasteiger partial charge in [-0.2, -0.15) is 0 Å². The van der Waals surface area contributed by atoms with Crippen LogP contribution in [0.3, 0.4) is 0 Å². The van der Waals surface area contributed by atoms with Crippen LogP contribution < -0.4 is 14.2 Å². The van der Waals surface area contributed by atoms with Crippen molar-refractivity contribution in [1.29, 1.82) is 0 Å². The van der Waals surface area contributed by atoms with E-state index >= 15 is 0 Å². The van der Waals surface area contributed by atoms with E-state index in [1.165, 1.54) is 63.1 Å². The summed E-state index contributed by atoms with van der Waals surface area (Å²) >= 11 is 0. The van der Waals surface area contributed by atoms with Gasteiger partial charge in [-0.05, 0) is 30.3 Å². The van der Waals surface area contributed by atoms with E-state index in [-0.39, 0.29) is 16.3 Å². The van der Waals surface area contributed by atoms with E-state index in [1.807, 2.05) is 0 Å². The lowest BCUT2D eigenvalue weighted by molar-refractivity contribution is -0.383. The van der Waals surface area contributed by atoms with Gasteiger partial charge >= 0.3 is 0 Å². The number of rotatable bonds is 6. The molecule has 0 saturated heterocycles. The van der Waals surface area contributed by atoms with Gasteiger partial charge in [0.2, 0.25) is 0 Å². The average molecular weight is 382 g/mol. The number of ether oxygens (including phenoxy) is 2. The maximum absolute atomic E-state index is 12.4. The van der Waals surface area contributed by atoms with Crippen molar-refractivity contribution in [2.24, 2.45) is 0 Å². The zero-order chi connectivity index (χ0) is 19.7. The van der Waals surface area contributed by atoms with Gasteiger partial charge < -0.3 is 9.47 Å². The van der Waals surface area contributed by atoms with Gasteiger partial charge in [0.05, 0.1) is 24.0 Å². The maximum atomic E-state index is 12.4. The first kappa shape index (κ1) is 21.2. The molecule has 2 aromatic rings. The Balaban J connectivity index is 0.00000105. The van der Waals surface area contributed by atoms with Gasteiger partial charge in [-0.3, -0.25) is 14.8 Å². The largest absolute Gasteiger partial charge is 0.497 e. The predicted octanol–water partition coefficient (Wildman–Crippen LogP) is 3.83. The van der Waals surface area contributed by atoms with Crippen LogP contribution in [0, 0.1) is 10.1 Å². The molecule has 0 fully saturated rings. The lowest BCUT2D eigenvalue weighted by atomic mass is 10.2. The Kier molecular flexibility index (Phi) is 7.85. The van der Waals surface area contributed by atoms with Gasteiger partial charge in [0.15, 0.2) is 5.69 Å². The number of para-hydroxylation sites is 1. The lowest BCUT2D eigenvalue weighted by Gasteiger charge is -2.12. The van der Waals surface area contributed by atoms with Gasteiger partial charge in [-0.15, -0.1) is 0 Å². The third-order valence-electron chi connectivity index (χ3n) is 3.03. The first-order valence-corrected chi connectivity index (χ1v) is 9.27. The Labute approximate surface area is 153 Å². The van der Waals surface area contributed by atoms with E-state index < -0.39 is 20.6 Å². The van der Waals surface area contributed by atoms with Crippen molar-refractivity contribution in [1.82, 2.24) is 0 Å². The number of methoxy groups -OCH3 is 2. The Morgan fingerprint density at radius 1 is 1.04 bits per heavy atom. The minimum atomic E-state index is -4.02. The number of hydrogen-bond donors (Lipinski definition) is 1. The number of nitrogens with zero attached hydrogens (tertiary/aromatic N) is 1. The van der Waals surface area contributed by atoms with Crippen LogP contribution in [-0.4, -0.2) is 27.6 Å². The molecule has 2 rings (SSSR count). The molecule has 8 nitrogen and oxygen atoms in total. The highest BCUT2D eigenvalue weighted by Gasteiger charge is 2.24. The number of anilines is 1. The number of nitro benzene ring substituents is 1. The van der Waals surface area contributed by atoms with Crippen molar-refractivity contribution in [3.8, 4) is 11.5 Å². The van der Waals surface area contributed by atoms with Gasteiger partial charge in [-0.25, -0.2) is 8.42 Å². The second kappa shape index (κ2) is 9.62. The summed E-state index contributed by atoms with van der Waals surface area (Å²) in [6.45, 7) is 4.25. The summed E-state index contributed by atoms with van der Waals surface area (Å²) in [5.41, 5.74) is -0.628. The molecule has 2 aromatic carbocycles. The van der Waals surface area contributed by atoms with E-state index in [1.54, 1.807) is 0 Å². The van der Waals surface area contributed by atoms with Crippen molar-refractivity contribution in [2.75, 3.05) is 18.9 Å². The SMILES string of the molecule is CCC.COc1ccc(S(=O)(=O)Nc2c(OC)cccc2[N+](=O)[O-])cc1. The topological polar surface area (TPSA) is 108 Å². The zero-order valence-electron chi connectivity index (χ0n) is 15.1. The molecule has 142 valence electrons. The average Bonchev–Trinajstić information content (AvgIpc) is 2.62. The minimum absolute atomic E-state index is 0.0521. The molecule has 0 saturated carbocycles. The Hall–Kier alpha value is -2.81. The number of nitrogens with one attached hydrogen (secondary N) is 1. The lowest BCUT2D eigenvalue weighted by Crippen LogP contribution is -2.14. The molecule has 9 heteroatoms. The number of sulfonamides is 1. The Morgan fingerprint density at radius 3 is 2.08 bits per heavy atom. The van der Waals surface area contributed by atoms with Crippen molar-refractivity contribution in [2.45, 2.75) is 25.2 Å². The van der Waals surface area contributed by atoms with E-state index in [0.717, 1.165) is 0 Å². The molecule has 0 aliphatic carbocycles. The summed E-state index contributed by atoms with van der Waals surface area (Å²) in [6, 6.07) is 9.65. The first-order valence-electron chi connectivity index (χ1n) is 7.78. The maximum Gasteiger partial charge on any atom is 0.297 e. The Bertz CT molecular complexity index is 835. The molecule has 1 N–H and O–H groups in total. The molecule has 26 heavy (non-hydrogen) atoms. The number of nitro groups is 1. The molecule has 0 heterocycles. The molecule has 0 bridgehead atoms. The van der Waals surface area contributed by atoms with Crippen LogP contribution in [0.5, 0.6) is 11.5 Å². The second-order valence-corrected chi connectivity index (χ2v) is 6.78. The summed E-state index contributed by atoms with van der Waals surface area (Å²) in [5, 5.41) is 11.1. The highest BCUT2D eigenvalue weighted by Crippen LogP contribution is 2.35. The van der Waals surface area contributed by atoms with Crippen molar-refractivity contribution < 1.29 is 22.8 Å². The van der Waals surface area contributed by atoms with E-state index in [9.17, 15) is 18.5 Å². The first-order chi connectivity index (χ1) is 12.3. The molecule has 0 aromatic heterocycles. The smallest absolute Gasteiger partial charge is 0.297 e. The molecule has 0 spiro atoms. The second-order valence-electron chi connectivity index (χ2n) is 5.10. The summed E-state index contributed by atoms with van der Waals surface area (Å²) in [5.74, 6) is 0.545. The summed E-state index contributed by atoms with van der Waals surface area (Å²) in [6.07, 6.45) is 1.25. The molecular formula is C17H22N2O6S. The number of hydrogen-bond acceptors (Lipinski definition) is 6. The van der Waals surface area contributed by atoms with Crippen LogP contribution in [0.1, 0.15) is 20.3 Å². The molecule has 0 unspecified atom stereocenters. The van der Waals surface area contributed by atoms with Crippen LogP contribution >= 0.6 is 0 Å². The third kappa shape index (κ3) is 5.35. The van der Waals surface area contributed by atoms with Gasteiger partial charge in [0, 0.05) is 6.07 Å². The minimum Gasteiger partial charge on any atom is -0.497 e. The fourth-order valence-corrected chi connectivity index (χ4v) is 2.98. The summed E-state index contributed by atoms with van der Waals surface area (Å²) in [7, 11) is -1.26. The Morgan fingerprint density at radius 2 is 1.62 bits per heavy atom. The predicted molar refractivity (Wildman–Crippen MR) is 99.4 cm³/mol. The van der Waals surface area contributed by atoms with E-state index in [4.69, 9.17) is 9.47 Å². The van der Waals surface area contributed by atoms with Gasteiger partial charge in [0.1, 0.15) is 11.5 Å². The molecule has 0 aliphatic rings. The molecule has 0 aliphatic heterocycles. The highest BCUT2D eigenvalue weighted by molar-refractivity contribution is 7.92. The van der Waals surface area contributed by atoms with Crippen LogP contribution in [-0.2, 0) is 10.0 Å². The van der Waals surface area contributed by atoms with E-state index in [0.29, 0.717) is 5.75 Å². The summed E-state index contributed by atoms with van der Waals surface area (Å²) < 4.78 is 37.0. The number of benzene rings is 2. The van der Waals surface area contributed by atoms with Crippen LogP contribution in [0.25, 0.3) is 0 Å². The van der Waals surface area contributed by atoms with Crippen LogP contribution in [0.2, 0.25) is 0 Å². The normalized spacial score (nSPS) is 10.3. The molecular weight excluding hydrogens is 360 g/mol. The van der Waals surface area contributed by atoms with Crippen molar-refractivity contribution in [3.05, 3.63) is 52.6 Å². The molecule has 0 radical (unpaired) electrons. The quantitative estimate of drug-likeness (QED) is 0.601. The molecule has 0 amide bonds. The fraction of sp³-hybridized carbons (Fsp3) is 0.294. The van der Waals surface area contributed by atoms with Gasteiger partial charge in [0.25, 0.3) is 15.7 Å². The van der Waals surface area contributed by atoms with E-state index in [2.05, 4.69) is 18.6 Å². The summed E-state index contributed by atoms with van der Waals surface area (Å²) in [4.78, 5) is 10.4. The highest BCUT2D eigenvalue weighted by atomic mass is 32.2. The standard InChI is InChI=1S/C14H14N2O6S.C3H8/c1-21-10-6-8-11(9-7-10)23(19,20)15-14-12(16(17)18)4-3-5-13(14)22-2;1-3-2/h3-9,15H,1-2H3;3H2,1-2H3. The fourth-order valence-electron chi connectivity index (χ4n) is 1.89. The third-order valence-corrected chi connectivity index (χ3v) is 4.39. The zero-order valence-corrected chi connectivity index (χ0v) is 15.9. The van der Waals surface area contributed by atoms with Crippen molar-refractivity contribution >= 4 is 21.4 Å². The van der Waals surface area contributed by atoms with Crippen molar-refractivity contribution in [3.63, 3.8) is 0 Å². The van der Waals surface area contributed by atoms with Crippen LogP contribution in [0.15, 0.2) is 47.4 Å².